The molecule has 0 heterocycles. The normalized spacial score (nSPS) is 28.1. The van der Waals surface area contributed by atoms with E-state index in [9.17, 15) is 10.2 Å². The summed E-state index contributed by atoms with van der Waals surface area (Å²) in [5, 5.41) is 20.1. The van der Waals surface area contributed by atoms with Crippen LogP contribution in [-0.2, 0) is 0 Å². The first-order valence-electron chi connectivity index (χ1n) is 15.4. The lowest BCUT2D eigenvalue weighted by molar-refractivity contribution is 0.117. The lowest BCUT2D eigenvalue weighted by Crippen LogP contribution is -2.32. The summed E-state index contributed by atoms with van der Waals surface area (Å²) in [6, 6.07) is 0. The van der Waals surface area contributed by atoms with Crippen LogP contribution in [0.25, 0.3) is 0 Å². The fourth-order valence-electron chi connectivity index (χ4n) is 6.16. The molecule has 0 aliphatic heterocycles. The molecule has 0 radical (unpaired) electrons. The standard InChI is InChI=1S/C40H56O2/c1-29(17-13-19-31(3)21-23-37-33(5)25-35(41)27-39(37,7)8)15-11-12-16-30(2)18-14-20-32(4)22-24-38-34(6)26-36(42)28-40(38,9)10/h11-26,35-38,41-42H,27-28H2,1-10H3/b12-11+,17-13+,18-14+,23-21+,24-22+,29-15+,30-16+,31-19+,32-20+/t35?,36?,37-,38-/m0/s1. The van der Waals surface area contributed by atoms with E-state index in [4.69, 9.17) is 0 Å². The predicted octanol–water partition coefficient (Wildman–Crippen LogP) is 10.3. The van der Waals surface area contributed by atoms with Gasteiger partial charge in [-0.25, -0.2) is 0 Å². The number of aliphatic hydroxyl groups excluding tert-OH is 2. The molecule has 228 valence electrons. The van der Waals surface area contributed by atoms with Gasteiger partial charge < -0.3 is 10.2 Å². The van der Waals surface area contributed by atoms with Crippen molar-refractivity contribution in [2.45, 2.75) is 94.3 Å². The van der Waals surface area contributed by atoms with Gasteiger partial charge in [0.1, 0.15) is 0 Å². The van der Waals surface area contributed by atoms with Crippen LogP contribution < -0.4 is 0 Å². The van der Waals surface area contributed by atoms with Crippen molar-refractivity contribution in [3.8, 4) is 0 Å². The fourth-order valence-corrected chi connectivity index (χ4v) is 6.16. The largest absolute Gasteiger partial charge is 0.389 e. The summed E-state index contributed by atoms with van der Waals surface area (Å²) in [7, 11) is 0. The van der Waals surface area contributed by atoms with Crippen LogP contribution in [0, 0.1) is 22.7 Å². The molecule has 0 saturated heterocycles. The highest BCUT2D eigenvalue weighted by Crippen LogP contribution is 2.42. The van der Waals surface area contributed by atoms with E-state index in [2.05, 4.69) is 154 Å². The van der Waals surface area contributed by atoms with Crippen molar-refractivity contribution in [3.63, 3.8) is 0 Å². The van der Waals surface area contributed by atoms with Crippen molar-refractivity contribution in [2.75, 3.05) is 0 Å². The van der Waals surface area contributed by atoms with E-state index < -0.39 is 0 Å². The van der Waals surface area contributed by atoms with E-state index in [0.29, 0.717) is 11.8 Å². The molecule has 2 N–H and O–H groups in total. The fraction of sp³-hybridized carbons (Fsp3) is 0.450. The summed E-state index contributed by atoms with van der Waals surface area (Å²) >= 11 is 0. The summed E-state index contributed by atoms with van der Waals surface area (Å²) in [6.45, 7) is 21.6. The molecule has 0 aromatic heterocycles. The number of aliphatic hydroxyl groups is 2. The molecule has 42 heavy (non-hydrogen) atoms. The second-order valence-electron chi connectivity index (χ2n) is 13.8. The van der Waals surface area contributed by atoms with Gasteiger partial charge >= 0.3 is 0 Å². The number of hydrogen-bond donors (Lipinski definition) is 2. The summed E-state index contributed by atoms with van der Waals surface area (Å²) in [5.41, 5.74) is 7.40. The maximum atomic E-state index is 10.1. The van der Waals surface area contributed by atoms with Crippen LogP contribution in [-0.4, -0.2) is 22.4 Å². The van der Waals surface area contributed by atoms with Crippen molar-refractivity contribution < 1.29 is 10.2 Å². The van der Waals surface area contributed by atoms with Gasteiger partial charge in [-0.3, -0.25) is 0 Å². The smallest absolute Gasteiger partial charge is 0.0729 e. The molecule has 0 aromatic rings. The zero-order valence-corrected chi connectivity index (χ0v) is 27.9. The lowest BCUT2D eigenvalue weighted by atomic mass is 9.67. The molecular weight excluding hydrogens is 512 g/mol. The van der Waals surface area contributed by atoms with E-state index in [1.807, 2.05) is 12.2 Å². The van der Waals surface area contributed by atoms with E-state index >= 15 is 0 Å². The van der Waals surface area contributed by atoms with Crippen LogP contribution in [0.5, 0.6) is 0 Å². The summed E-state index contributed by atoms with van der Waals surface area (Å²) < 4.78 is 0. The van der Waals surface area contributed by atoms with Gasteiger partial charge in [0.25, 0.3) is 0 Å². The minimum Gasteiger partial charge on any atom is -0.389 e. The van der Waals surface area contributed by atoms with Crippen molar-refractivity contribution in [2.24, 2.45) is 22.7 Å². The number of allylic oxidation sites excluding steroid dienone is 20. The van der Waals surface area contributed by atoms with Gasteiger partial charge in [-0.05, 0) is 65.2 Å². The molecule has 0 amide bonds. The molecule has 2 nitrogen and oxygen atoms in total. The molecule has 0 fully saturated rings. The van der Waals surface area contributed by atoms with Crippen molar-refractivity contribution in [1.82, 2.24) is 0 Å². The summed E-state index contributed by atoms with van der Waals surface area (Å²) in [4.78, 5) is 0. The van der Waals surface area contributed by atoms with Crippen LogP contribution in [0.3, 0.4) is 0 Å². The average molecular weight is 569 g/mol. The molecule has 2 aliphatic carbocycles. The van der Waals surface area contributed by atoms with Gasteiger partial charge in [-0.1, -0.05) is 158 Å². The zero-order valence-electron chi connectivity index (χ0n) is 27.9. The highest BCUT2D eigenvalue weighted by molar-refractivity contribution is 5.33. The second kappa shape index (κ2) is 16.1. The molecule has 4 atom stereocenters. The third-order valence-electron chi connectivity index (χ3n) is 8.41. The Morgan fingerprint density at radius 2 is 0.881 bits per heavy atom. The molecular formula is C40H56O2. The van der Waals surface area contributed by atoms with E-state index in [0.717, 1.165) is 12.8 Å². The molecule has 0 spiro atoms. The lowest BCUT2D eigenvalue weighted by Gasteiger charge is -2.38. The first-order chi connectivity index (χ1) is 19.6. The Hall–Kier alpha value is -2.94. The molecule has 0 aromatic carbocycles. The highest BCUT2D eigenvalue weighted by Gasteiger charge is 2.35. The van der Waals surface area contributed by atoms with Crippen LogP contribution >= 0.6 is 0 Å². The van der Waals surface area contributed by atoms with Crippen LogP contribution in [0.15, 0.2) is 131 Å². The topological polar surface area (TPSA) is 40.5 Å². The Balaban J connectivity index is 1.89. The molecule has 0 saturated carbocycles. The Kier molecular flexibility index (Phi) is 13.5. The Morgan fingerprint density at radius 3 is 1.21 bits per heavy atom. The van der Waals surface area contributed by atoms with Crippen molar-refractivity contribution >= 4 is 0 Å². The van der Waals surface area contributed by atoms with Crippen molar-refractivity contribution in [1.29, 1.82) is 0 Å². The minimum absolute atomic E-state index is 0.0574. The maximum absolute atomic E-state index is 10.1. The average Bonchev–Trinajstić information content (AvgIpc) is 2.84. The molecule has 2 rings (SSSR count). The monoisotopic (exact) mass is 568 g/mol. The van der Waals surface area contributed by atoms with Gasteiger partial charge in [-0.15, -0.1) is 0 Å². The van der Waals surface area contributed by atoms with Crippen LogP contribution in [0.1, 0.15) is 82.1 Å². The first kappa shape index (κ1) is 35.3. The van der Waals surface area contributed by atoms with Gasteiger partial charge in [0.2, 0.25) is 0 Å². The second-order valence-corrected chi connectivity index (χ2v) is 13.8. The number of hydrogen-bond acceptors (Lipinski definition) is 2. The van der Waals surface area contributed by atoms with Gasteiger partial charge in [0.15, 0.2) is 0 Å². The van der Waals surface area contributed by atoms with Crippen LogP contribution in [0.2, 0.25) is 0 Å². The van der Waals surface area contributed by atoms with Crippen LogP contribution in [0.4, 0.5) is 0 Å². The maximum Gasteiger partial charge on any atom is 0.0729 e. The Bertz CT molecular complexity index is 1160. The van der Waals surface area contributed by atoms with E-state index in [1.54, 1.807) is 0 Å². The third kappa shape index (κ3) is 11.7. The molecule has 2 unspecified atom stereocenters. The minimum atomic E-state index is -0.331. The number of rotatable bonds is 10. The third-order valence-corrected chi connectivity index (χ3v) is 8.41. The predicted molar refractivity (Wildman–Crippen MR) is 184 cm³/mol. The summed E-state index contributed by atoms with van der Waals surface area (Å²) in [6.07, 6.45) is 35.0. The SMILES string of the molecule is CC1=CC(O)CC(C)(C)[C@H]1/C=C/C(C)=C/C=C/C(C)=C/C=C/C=C(C)/C=C/C=C(C)/C=C/[C@H]1C(C)=CC(O)CC1(C)C. The zero-order chi connectivity index (χ0) is 31.5. The quantitative estimate of drug-likeness (QED) is 0.203. The highest BCUT2D eigenvalue weighted by atomic mass is 16.3. The Labute approximate surface area is 257 Å². The summed E-state index contributed by atoms with van der Waals surface area (Å²) in [5.74, 6) is 0.696. The molecule has 2 heteroatoms. The molecule has 0 bridgehead atoms. The van der Waals surface area contributed by atoms with Gasteiger partial charge in [0.05, 0.1) is 12.2 Å². The first-order valence-corrected chi connectivity index (χ1v) is 15.4. The Morgan fingerprint density at radius 1 is 0.571 bits per heavy atom. The molecule has 2 aliphatic rings. The van der Waals surface area contributed by atoms with Crippen molar-refractivity contribution in [3.05, 3.63) is 131 Å². The van der Waals surface area contributed by atoms with E-state index in [1.165, 1.54) is 33.4 Å². The van der Waals surface area contributed by atoms with Gasteiger partial charge in [-0.2, -0.15) is 0 Å². The van der Waals surface area contributed by atoms with Gasteiger partial charge in [0, 0.05) is 11.8 Å². The van der Waals surface area contributed by atoms with E-state index in [-0.39, 0.29) is 23.0 Å².